The molecule has 0 spiro atoms. The van der Waals surface area contributed by atoms with Crippen LogP contribution >= 0.6 is 0 Å². The number of amides is 2. The molecule has 3 rings (SSSR count). The van der Waals surface area contributed by atoms with Gasteiger partial charge in [-0.15, -0.1) is 0 Å². The summed E-state index contributed by atoms with van der Waals surface area (Å²) in [5.74, 6) is 0.598. The quantitative estimate of drug-likeness (QED) is 0.862. The minimum atomic E-state index is -0.152. The normalized spacial score (nSPS) is 26.8. The van der Waals surface area contributed by atoms with Crippen molar-refractivity contribution >= 4 is 17.5 Å². The van der Waals surface area contributed by atoms with Crippen LogP contribution in [0.25, 0.3) is 0 Å². The number of ether oxygens (including phenoxy) is 1. The largest absolute Gasteiger partial charge is 0.374 e. The number of anilines is 1. The van der Waals surface area contributed by atoms with Gasteiger partial charge in [-0.05, 0) is 42.9 Å². The van der Waals surface area contributed by atoms with Crippen molar-refractivity contribution in [1.29, 1.82) is 0 Å². The molecule has 1 aromatic rings. The van der Waals surface area contributed by atoms with E-state index < -0.39 is 0 Å². The third kappa shape index (κ3) is 5.30. The minimum absolute atomic E-state index is 0.0280. The third-order valence-corrected chi connectivity index (χ3v) is 5.20. The fourth-order valence-electron chi connectivity index (χ4n) is 3.68. The lowest BCUT2D eigenvalue weighted by Crippen LogP contribution is -2.40. The van der Waals surface area contributed by atoms with Gasteiger partial charge in [-0.25, -0.2) is 0 Å². The molecule has 5 nitrogen and oxygen atoms in total. The van der Waals surface area contributed by atoms with E-state index in [1.165, 1.54) is 12.8 Å². The van der Waals surface area contributed by atoms with Gasteiger partial charge in [-0.1, -0.05) is 31.9 Å². The SMILES string of the molecule is C[C@@H]1CCC[C@@H](OCc2cccc(NC(=O)[C@H]3CCC(=O)NC3)c2)C1. The first-order valence-corrected chi connectivity index (χ1v) is 9.38. The van der Waals surface area contributed by atoms with Gasteiger partial charge in [0.05, 0.1) is 18.6 Å². The molecule has 0 radical (unpaired) electrons. The number of rotatable bonds is 5. The zero-order chi connectivity index (χ0) is 17.6. The highest BCUT2D eigenvalue weighted by Gasteiger charge is 2.24. The Kier molecular flexibility index (Phi) is 6.08. The molecule has 25 heavy (non-hydrogen) atoms. The molecule has 0 aromatic heterocycles. The second-order valence-electron chi connectivity index (χ2n) is 7.43. The van der Waals surface area contributed by atoms with E-state index in [0.717, 1.165) is 30.0 Å². The highest BCUT2D eigenvalue weighted by molar-refractivity contribution is 5.94. The summed E-state index contributed by atoms with van der Waals surface area (Å²) in [6.07, 6.45) is 6.24. The molecule has 2 amide bonds. The standard InChI is InChI=1S/C20H28N2O3/c1-14-4-2-7-18(10-14)25-13-15-5-3-6-17(11-15)22-20(24)16-8-9-19(23)21-12-16/h3,5-6,11,14,16,18H,2,4,7-10,12-13H2,1H3,(H,21,23)(H,22,24)/t14-,16+,18-/m1/s1. The Morgan fingerprint density at radius 2 is 2.20 bits per heavy atom. The first-order chi connectivity index (χ1) is 12.1. The van der Waals surface area contributed by atoms with Crippen LogP contribution in [0, 0.1) is 11.8 Å². The van der Waals surface area contributed by atoms with E-state index in [4.69, 9.17) is 4.74 Å². The van der Waals surface area contributed by atoms with Crippen LogP contribution in [0.2, 0.25) is 0 Å². The van der Waals surface area contributed by atoms with E-state index in [1.807, 2.05) is 24.3 Å². The van der Waals surface area contributed by atoms with Gasteiger partial charge in [0.2, 0.25) is 11.8 Å². The van der Waals surface area contributed by atoms with Crippen molar-refractivity contribution in [3.8, 4) is 0 Å². The van der Waals surface area contributed by atoms with Gasteiger partial charge in [0.25, 0.3) is 0 Å². The summed E-state index contributed by atoms with van der Waals surface area (Å²) in [6.45, 7) is 3.30. The molecule has 0 unspecified atom stereocenters. The summed E-state index contributed by atoms with van der Waals surface area (Å²) in [7, 11) is 0. The predicted molar refractivity (Wildman–Crippen MR) is 97.0 cm³/mol. The Balaban J connectivity index is 1.50. The van der Waals surface area contributed by atoms with E-state index in [9.17, 15) is 9.59 Å². The summed E-state index contributed by atoms with van der Waals surface area (Å²) >= 11 is 0. The van der Waals surface area contributed by atoms with Gasteiger partial charge < -0.3 is 15.4 Å². The van der Waals surface area contributed by atoms with Gasteiger partial charge >= 0.3 is 0 Å². The number of carbonyl (C=O) groups excluding carboxylic acids is 2. The summed E-state index contributed by atoms with van der Waals surface area (Å²) in [5, 5.41) is 5.72. The van der Waals surface area contributed by atoms with Gasteiger partial charge in [0.1, 0.15) is 0 Å². The molecule has 5 heteroatoms. The Labute approximate surface area is 149 Å². The van der Waals surface area contributed by atoms with Crippen molar-refractivity contribution in [3.63, 3.8) is 0 Å². The average Bonchev–Trinajstić information content (AvgIpc) is 2.61. The molecule has 3 atom stereocenters. The van der Waals surface area contributed by atoms with E-state index in [0.29, 0.717) is 32.1 Å². The van der Waals surface area contributed by atoms with Crippen molar-refractivity contribution in [2.24, 2.45) is 11.8 Å². The summed E-state index contributed by atoms with van der Waals surface area (Å²) < 4.78 is 6.07. The van der Waals surface area contributed by atoms with Crippen molar-refractivity contribution in [1.82, 2.24) is 5.32 Å². The van der Waals surface area contributed by atoms with Gasteiger partial charge in [0, 0.05) is 18.7 Å². The molecule has 1 aromatic carbocycles. The zero-order valence-electron chi connectivity index (χ0n) is 14.9. The molecule has 136 valence electrons. The number of benzene rings is 1. The van der Waals surface area contributed by atoms with Gasteiger partial charge in [0.15, 0.2) is 0 Å². The van der Waals surface area contributed by atoms with E-state index >= 15 is 0 Å². The second kappa shape index (κ2) is 8.48. The van der Waals surface area contributed by atoms with Crippen molar-refractivity contribution in [3.05, 3.63) is 29.8 Å². The molecule has 1 heterocycles. The number of piperidine rings is 1. The molecule has 2 N–H and O–H groups in total. The Bertz CT molecular complexity index is 607. The summed E-state index contributed by atoms with van der Waals surface area (Å²) in [4.78, 5) is 23.5. The maximum atomic E-state index is 12.3. The van der Waals surface area contributed by atoms with Crippen LogP contribution < -0.4 is 10.6 Å². The Morgan fingerprint density at radius 3 is 2.96 bits per heavy atom. The molecule has 2 aliphatic rings. The molecule has 1 aliphatic carbocycles. The van der Waals surface area contributed by atoms with Crippen LogP contribution in [0.4, 0.5) is 5.69 Å². The van der Waals surface area contributed by atoms with E-state index in [2.05, 4.69) is 17.6 Å². The second-order valence-corrected chi connectivity index (χ2v) is 7.43. The summed E-state index contributed by atoms with van der Waals surface area (Å²) in [6, 6.07) is 7.85. The van der Waals surface area contributed by atoms with Crippen LogP contribution in [0.5, 0.6) is 0 Å². The molecule has 1 saturated carbocycles. The number of carbonyl (C=O) groups is 2. The first-order valence-electron chi connectivity index (χ1n) is 9.38. The monoisotopic (exact) mass is 344 g/mol. The number of nitrogens with one attached hydrogen (secondary N) is 2. The topological polar surface area (TPSA) is 67.4 Å². The smallest absolute Gasteiger partial charge is 0.229 e. The number of hydrogen-bond acceptors (Lipinski definition) is 3. The summed E-state index contributed by atoms with van der Waals surface area (Å²) in [5.41, 5.74) is 1.87. The van der Waals surface area contributed by atoms with Crippen LogP contribution in [-0.4, -0.2) is 24.5 Å². The van der Waals surface area contributed by atoms with Crippen LogP contribution in [0.15, 0.2) is 24.3 Å². The average molecular weight is 344 g/mol. The molecule has 1 aliphatic heterocycles. The van der Waals surface area contributed by atoms with E-state index in [1.54, 1.807) is 0 Å². The fraction of sp³-hybridized carbons (Fsp3) is 0.600. The molecular formula is C20H28N2O3. The highest BCUT2D eigenvalue weighted by atomic mass is 16.5. The molecule has 2 fully saturated rings. The maximum Gasteiger partial charge on any atom is 0.229 e. The minimum Gasteiger partial charge on any atom is -0.374 e. The first kappa shape index (κ1) is 17.9. The molecule has 0 bridgehead atoms. The van der Waals surface area contributed by atoms with Gasteiger partial charge in [-0.3, -0.25) is 9.59 Å². The van der Waals surface area contributed by atoms with Crippen LogP contribution in [0.1, 0.15) is 51.0 Å². The predicted octanol–water partition coefficient (Wildman–Crippen LogP) is 3.25. The van der Waals surface area contributed by atoms with Crippen molar-refractivity contribution in [2.75, 3.05) is 11.9 Å². The number of hydrogen-bond donors (Lipinski definition) is 2. The lowest BCUT2D eigenvalue weighted by atomic mass is 9.89. The molecular weight excluding hydrogens is 316 g/mol. The lowest BCUT2D eigenvalue weighted by Gasteiger charge is -2.26. The fourth-order valence-corrected chi connectivity index (χ4v) is 3.68. The Hall–Kier alpha value is -1.88. The van der Waals surface area contributed by atoms with Crippen molar-refractivity contribution in [2.45, 2.75) is 58.2 Å². The van der Waals surface area contributed by atoms with Gasteiger partial charge in [-0.2, -0.15) is 0 Å². The van der Waals surface area contributed by atoms with Crippen molar-refractivity contribution < 1.29 is 14.3 Å². The third-order valence-electron chi connectivity index (χ3n) is 5.20. The van der Waals surface area contributed by atoms with Crippen LogP contribution in [-0.2, 0) is 20.9 Å². The van der Waals surface area contributed by atoms with E-state index in [-0.39, 0.29) is 17.7 Å². The zero-order valence-corrected chi connectivity index (χ0v) is 14.9. The van der Waals surface area contributed by atoms with Crippen LogP contribution in [0.3, 0.4) is 0 Å². The molecule has 1 saturated heterocycles. The lowest BCUT2D eigenvalue weighted by molar-refractivity contribution is -0.126. The highest BCUT2D eigenvalue weighted by Crippen LogP contribution is 2.26. The maximum absolute atomic E-state index is 12.3. The Morgan fingerprint density at radius 1 is 1.32 bits per heavy atom.